The summed E-state index contributed by atoms with van der Waals surface area (Å²) in [7, 11) is -2.15. The van der Waals surface area contributed by atoms with Gasteiger partial charge >= 0.3 is 29.6 Å². The number of carbonyl (C=O) groups excluding carboxylic acids is 2. The van der Waals surface area contributed by atoms with Crippen LogP contribution in [0.2, 0.25) is 5.02 Å². The topological polar surface area (TPSA) is 110 Å². The van der Waals surface area contributed by atoms with Crippen molar-refractivity contribution in [2.24, 2.45) is 5.41 Å². The SMILES string of the molecule is Cc1cc(Cl)ccc1-c1ccc(NC(=O)[C@@H](Cc2ccc(C(=O)CCC[S-](=O)=O)cc2)c2ccc(C3=CCC(C)(C)CC3)cc2)cc1.[Na+].[OH-]. The van der Waals surface area contributed by atoms with Crippen LogP contribution in [-0.4, -0.2) is 22.9 Å². The van der Waals surface area contributed by atoms with Crippen LogP contribution in [0.25, 0.3) is 16.7 Å². The fourth-order valence-electron chi connectivity index (χ4n) is 6.10. The zero-order valence-corrected chi connectivity index (χ0v) is 32.2. The van der Waals surface area contributed by atoms with Crippen LogP contribution in [0.3, 0.4) is 0 Å². The zero-order valence-electron chi connectivity index (χ0n) is 28.6. The number of hydrogen-bond donors (Lipinski definition) is 1. The summed E-state index contributed by atoms with van der Waals surface area (Å²) in [6, 6.07) is 29.3. The maximum Gasteiger partial charge on any atom is 1.00 e. The molecule has 0 saturated carbocycles. The summed E-state index contributed by atoms with van der Waals surface area (Å²) < 4.78 is 21.6. The minimum absolute atomic E-state index is 0. The van der Waals surface area contributed by atoms with Crippen LogP contribution in [-0.2, 0) is 30.3 Å². The zero-order chi connectivity index (χ0) is 33.6. The maximum absolute atomic E-state index is 13.9. The molecule has 0 radical (unpaired) electrons. The van der Waals surface area contributed by atoms with Crippen molar-refractivity contribution in [3.63, 3.8) is 0 Å². The second-order valence-electron chi connectivity index (χ2n) is 13.2. The molecular weight excluding hydrogens is 665 g/mol. The van der Waals surface area contributed by atoms with Crippen LogP contribution in [0.1, 0.15) is 84.5 Å². The Morgan fingerprint density at radius 3 is 2.14 bits per heavy atom. The third kappa shape index (κ3) is 11.2. The van der Waals surface area contributed by atoms with Crippen molar-refractivity contribution in [2.75, 3.05) is 11.1 Å². The van der Waals surface area contributed by atoms with Crippen LogP contribution in [0.15, 0.2) is 97.1 Å². The fourth-order valence-corrected chi connectivity index (χ4v) is 6.71. The molecule has 0 spiro atoms. The van der Waals surface area contributed by atoms with Gasteiger partial charge in [-0.1, -0.05) is 121 Å². The van der Waals surface area contributed by atoms with Crippen molar-refractivity contribution in [1.82, 2.24) is 0 Å². The Morgan fingerprint density at radius 2 is 1.55 bits per heavy atom. The van der Waals surface area contributed by atoms with Crippen molar-refractivity contribution in [3.05, 3.63) is 130 Å². The van der Waals surface area contributed by atoms with E-state index >= 15 is 0 Å². The number of aryl methyl sites for hydroxylation is 1. The van der Waals surface area contributed by atoms with E-state index in [2.05, 4.69) is 49.5 Å². The number of nitrogens with one attached hydrogen (secondary N) is 1. The minimum Gasteiger partial charge on any atom is -0.870 e. The van der Waals surface area contributed by atoms with Crippen molar-refractivity contribution >= 4 is 45.3 Å². The van der Waals surface area contributed by atoms with Gasteiger partial charge in [0.15, 0.2) is 5.78 Å². The van der Waals surface area contributed by atoms with Crippen molar-refractivity contribution < 1.29 is 53.0 Å². The van der Waals surface area contributed by atoms with Crippen LogP contribution < -0.4 is 34.9 Å². The molecule has 9 heteroatoms. The minimum atomic E-state index is -2.15. The Kier molecular flexibility index (Phi) is 15.1. The number of benzene rings is 4. The quantitative estimate of drug-likeness (QED) is 0.0972. The molecule has 0 unspecified atom stereocenters. The Labute approximate surface area is 318 Å². The van der Waals surface area contributed by atoms with Crippen LogP contribution >= 0.6 is 11.6 Å². The predicted molar refractivity (Wildman–Crippen MR) is 194 cm³/mol. The number of amides is 1. The maximum atomic E-state index is 13.9. The molecule has 2 N–H and O–H groups in total. The Balaban J connectivity index is 0.00000325. The second-order valence-corrected chi connectivity index (χ2v) is 14.7. The summed E-state index contributed by atoms with van der Waals surface area (Å²) in [5, 5.41) is 3.83. The van der Waals surface area contributed by atoms with E-state index < -0.39 is 16.6 Å². The second kappa shape index (κ2) is 18.3. The van der Waals surface area contributed by atoms with Gasteiger partial charge in [0.25, 0.3) is 0 Å². The molecule has 1 amide bonds. The molecule has 5 rings (SSSR count). The molecule has 4 aromatic carbocycles. The molecule has 6 nitrogen and oxygen atoms in total. The van der Waals surface area contributed by atoms with Crippen molar-refractivity contribution in [1.29, 1.82) is 0 Å². The van der Waals surface area contributed by atoms with E-state index in [-0.39, 0.29) is 58.9 Å². The van der Waals surface area contributed by atoms with E-state index in [1.54, 1.807) is 12.1 Å². The number of ketones is 1. The van der Waals surface area contributed by atoms with Gasteiger partial charge < -0.3 is 19.2 Å². The van der Waals surface area contributed by atoms with Gasteiger partial charge in [0.05, 0.1) is 5.92 Å². The molecule has 0 bridgehead atoms. The standard InChI is InChI=1S/C40H41ClNO4S.Na.H2O/c1-27-25-34(41)16-19-36(27)31-14-17-35(18-15-31)42-39(44)37(26-28-6-8-33(9-7-28)38(43)5-4-24-47(45)46)32-12-10-29(11-13-32)30-20-22-40(2,3)23-21-30;;/h6-20,25,37H,4-5,21-24,26H2,1-3H3,(H,42,44);;1H2/q-1;+1;/p-1/t37-;;/m0../s1. The smallest absolute Gasteiger partial charge is 0.870 e. The summed E-state index contributed by atoms with van der Waals surface area (Å²) in [6.07, 6.45) is 6.52. The Morgan fingerprint density at radius 1 is 0.898 bits per heavy atom. The molecule has 1 aliphatic rings. The average molecular weight is 707 g/mol. The number of rotatable bonds is 12. The van der Waals surface area contributed by atoms with Gasteiger partial charge in [-0.05, 0) is 101 Å². The third-order valence-corrected chi connectivity index (χ3v) is 9.91. The van der Waals surface area contributed by atoms with E-state index in [9.17, 15) is 18.0 Å². The first-order valence-corrected chi connectivity index (χ1v) is 17.7. The molecule has 4 aromatic rings. The molecule has 0 aromatic heterocycles. The van der Waals surface area contributed by atoms with Crippen LogP contribution in [0, 0.1) is 12.3 Å². The van der Waals surface area contributed by atoms with Gasteiger partial charge in [-0.25, -0.2) is 0 Å². The Hall–Kier alpha value is -3.04. The van der Waals surface area contributed by atoms with Gasteiger partial charge in [-0.3, -0.25) is 9.59 Å². The fraction of sp³-hybridized carbons (Fsp3) is 0.300. The van der Waals surface area contributed by atoms with Gasteiger partial charge in [0.2, 0.25) is 5.91 Å². The first kappa shape index (κ1) is 40.4. The van der Waals surface area contributed by atoms with E-state index in [0.717, 1.165) is 47.1 Å². The summed E-state index contributed by atoms with van der Waals surface area (Å²) in [6.45, 7) is 6.64. The molecule has 0 fully saturated rings. The molecule has 1 aliphatic carbocycles. The number of anilines is 1. The summed E-state index contributed by atoms with van der Waals surface area (Å²) in [5.41, 5.74) is 9.18. The average Bonchev–Trinajstić information content (AvgIpc) is 3.04. The normalized spacial score (nSPS) is 14.2. The van der Waals surface area contributed by atoms with Crippen LogP contribution in [0.4, 0.5) is 5.69 Å². The summed E-state index contributed by atoms with van der Waals surface area (Å²) in [5.74, 6) is -0.699. The predicted octanol–water partition coefficient (Wildman–Crippen LogP) is 6.97. The molecule has 252 valence electrons. The number of Topliss-reactive ketones (excluding diaryl/α,β-unsaturated/α-hetero) is 1. The third-order valence-electron chi connectivity index (χ3n) is 9.05. The summed E-state index contributed by atoms with van der Waals surface area (Å²) in [4.78, 5) is 26.5. The van der Waals surface area contributed by atoms with Crippen molar-refractivity contribution in [2.45, 2.75) is 65.2 Å². The number of hydrogen-bond acceptors (Lipinski definition) is 6. The van der Waals surface area contributed by atoms with Gasteiger partial charge in [0.1, 0.15) is 0 Å². The largest absolute Gasteiger partial charge is 1.00 e. The van der Waals surface area contributed by atoms with Crippen molar-refractivity contribution in [3.8, 4) is 11.1 Å². The molecule has 0 heterocycles. The first-order valence-electron chi connectivity index (χ1n) is 16.1. The number of halogens is 1. The van der Waals surface area contributed by atoms with Crippen LogP contribution in [0.5, 0.6) is 0 Å². The molecule has 49 heavy (non-hydrogen) atoms. The monoisotopic (exact) mass is 706 g/mol. The van der Waals surface area contributed by atoms with Gasteiger partial charge in [-0.15, -0.1) is 0 Å². The van der Waals surface area contributed by atoms with Gasteiger partial charge in [0, 0.05) is 22.7 Å². The number of carbonyl (C=O) groups is 2. The molecule has 0 aliphatic heterocycles. The number of allylic oxidation sites excluding steroid dienone is 2. The van der Waals surface area contributed by atoms with E-state index in [4.69, 9.17) is 11.6 Å². The van der Waals surface area contributed by atoms with Gasteiger partial charge in [-0.2, -0.15) is 0 Å². The molecule has 0 saturated heterocycles. The molecule has 1 atom stereocenters. The summed E-state index contributed by atoms with van der Waals surface area (Å²) >= 11 is 6.15. The van der Waals surface area contributed by atoms with E-state index in [1.165, 1.54) is 11.1 Å². The first-order chi connectivity index (χ1) is 22.5. The molecular formula is C40H42ClNNaO5S-. The van der Waals surface area contributed by atoms with E-state index in [0.29, 0.717) is 34.5 Å². The van der Waals surface area contributed by atoms with E-state index in [1.807, 2.05) is 61.5 Å². The Bertz CT molecular complexity index is 1840.